The van der Waals surface area contributed by atoms with Gasteiger partial charge in [0.15, 0.2) is 0 Å². The summed E-state index contributed by atoms with van der Waals surface area (Å²) < 4.78 is 0. The van der Waals surface area contributed by atoms with Crippen molar-refractivity contribution in [2.24, 2.45) is 0 Å². The quantitative estimate of drug-likeness (QED) is 0.792. The van der Waals surface area contributed by atoms with Crippen molar-refractivity contribution in [2.45, 2.75) is 17.9 Å². The third-order valence-electron chi connectivity index (χ3n) is 2.82. The molecule has 0 spiro atoms. The third kappa shape index (κ3) is 5.08. The van der Waals surface area contributed by atoms with Crippen LogP contribution >= 0.6 is 23.4 Å². The molecule has 0 aliphatic carbocycles. The first-order valence-electron chi connectivity index (χ1n) is 6.56. The first-order valence-corrected chi connectivity index (χ1v) is 7.92. The van der Waals surface area contributed by atoms with Gasteiger partial charge in [-0.3, -0.25) is 4.79 Å². The summed E-state index contributed by atoms with van der Waals surface area (Å²) in [6.45, 7) is -0.0356. The van der Waals surface area contributed by atoms with Crippen molar-refractivity contribution in [3.8, 4) is 0 Å². The van der Waals surface area contributed by atoms with E-state index in [2.05, 4.69) is 5.32 Å². The van der Waals surface area contributed by atoms with E-state index in [0.29, 0.717) is 22.9 Å². The number of nitrogens with one attached hydrogen (secondary N) is 1. The largest absolute Gasteiger partial charge is 0.392 e. The number of halogens is 1. The van der Waals surface area contributed by atoms with Crippen LogP contribution in [0.25, 0.3) is 0 Å². The van der Waals surface area contributed by atoms with E-state index in [0.717, 1.165) is 10.5 Å². The molecule has 0 atom stereocenters. The van der Waals surface area contributed by atoms with Crippen molar-refractivity contribution in [1.82, 2.24) is 0 Å². The summed E-state index contributed by atoms with van der Waals surface area (Å²) in [5.41, 5.74) is 1.48. The molecule has 0 heterocycles. The highest BCUT2D eigenvalue weighted by Crippen LogP contribution is 2.27. The van der Waals surface area contributed by atoms with Crippen LogP contribution in [0.1, 0.15) is 12.0 Å². The number of amides is 1. The van der Waals surface area contributed by atoms with E-state index in [4.69, 9.17) is 16.7 Å². The monoisotopic (exact) mass is 321 g/mol. The van der Waals surface area contributed by atoms with Crippen molar-refractivity contribution in [2.75, 3.05) is 11.1 Å². The molecule has 0 unspecified atom stereocenters. The predicted molar refractivity (Wildman–Crippen MR) is 87.8 cm³/mol. The molecule has 0 aromatic heterocycles. The van der Waals surface area contributed by atoms with E-state index in [1.54, 1.807) is 30.0 Å². The number of thioether (sulfide) groups is 1. The molecule has 0 saturated carbocycles. The highest BCUT2D eigenvalue weighted by molar-refractivity contribution is 7.99. The topological polar surface area (TPSA) is 49.3 Å². The fourth-order valence-corrected chi connectivity index (χ4v) is 2.97. The normalized spacial score (nSPS) is 10.4. The molecule has 2 rings (SSSR count). The van der Waals surface area contributed by atoms with Gasteiger partial charge in [0, 0.05) is 22.8 Å². The van der Waals surface area contributed by atoms with E-state index in [-0.39, 0.29) is 12.5 Å². The Morgan fingerprint density at radius 3 is 2.76 bits per heavy atom. The Hall–Kier alpha value is -1.49. The number of benzene rings is 2. The molecular formula is C16H16ClNO2S. The molecule has 0 bridgehead atoms. The summed E-state index contributed by atoms with van der Waals surface area (Å²) in [6, 6.07) is 14.8. The number of rotatable bonds is 6. The average Bonchev–Trinajstić information content (AvgIpc) is 2.49. The molecule has 0 fully saturated rings. The first kappa shape index (κ1) is 15.9. The molecule has 0 aliphatic heterocycles. The van der Waals surface area contributed by atoms with E-state index >= 15 is 0 Å². The number of aliphatic hydroxyl groups is 1. The Kier molecular flexibility index (Phi) is 6.11. The predicted octanol–water partition coefficient (Wildman–Crippen LogP) is 3.95. The molecule has 110 valence electrons. The lowest BCUT2D eigenvalue weighted by Gasteiger charge is -2.07. The molecule has 0 aliphatic rings. The summed E-state index contributed by atoms with van der Waals surface area (Å²) in [7, 11) is 0. The molecule has 2 aromatic carbocycles. The number of aliphatic hydroxyl groups excluding tert-OH is 1. The lowest BCUT2D eigenvalue weighted by Crippen LogP contribution is -2.12. The van der Waals surface area contributed by atoms with Gasteiger partial charge in [-0.25, -0.2) is 0 Å². The first-order chi connectivity index (χ1) is 10.2. The van der Waals surface area contributed by atoms with Gasteiger partial charge in [-0.05, 0) is 29.8 Å². The SMILES string of the molecule is O=C(CCSc1ccccc1Cl)Nc1cccc(CO)c1. The highest BCUT2D eigenvalue weighted by Gasteiger charge is 2.05. The second-order valence-corrected chi connectivity index (χ2v) is 5.98. The van der Waals surface area contributed by atoms with Gasteiger partial charge < -0.3 is 10.4 Å². The second-order valence-electron chi connectivity index (χ2n) is 4.44. The minimum Gasteiger partial charge on any atom is -0.392 e. The van der Waals surface area contributed by atoms with E-state index < -0.39 is 0 Å². The van der Waals surface area contributed by atoms with Gasteiger partial charge in [0.25, 0.3) is 0 Å². The summed E-state index contributed by atoms with van der Waals surface area (Å²) in [4.78, 5) is 12.8. The van der Waals surface area contributed by atoms with Gasteiger partial charge in [-0.1, -0.05) is 35.9 Å². The fourth-order valence-electron chi connectivity index (χ4n) is 1.79. The van der Waals surface area contributed by atoms with Crippen LogP contribution in [0.5, 0.6) is 0 Å². The molecule has 3 nitrogen and oxygen atoms in total. The van der Waals surface area contributed by atoms with Crippen LogP contribution in [0.2, 0.25) is 5.02 Å². The van der Waals surface area contributed by atoms with Gasteiger partial charge in [-0.2, -0.15) is 0 Å². The summed E-state index contributed by atoms with van der Waals surface area (Å²) >= 11 is 7.62. The van der Waals surface area contributed by atoms with Crippen molar-refractivity contribution >= 4 is 35.0 Å². The Bertz CT molecular complexity index is 619. The van der Waals surface area contributed by atoms with Crippen molar-refractivity contribution < 1.29 is 9.90 Å². The number of hydrogen-bond acceptors (Lipinski definition) is 3. The third-order valence-corrected chi connectivity index (χ3v) is 4.33. The van der Waals surface area contributed by atoms with Gasteiger partial charge in [-0.15, -0.1) is 11.8 Å². The maximum absolute atomic E-state index is 11.9. The zero-order valence-corrected chi connectivity index (χ0v) is 13.0. The summed E-state index contributed by atoms with van der Waals surface area (Å²) in [6.07, 6.45) is 0.402. The lowest BCUT2D eigenvalue weighted by atomic mass is 10.2. The van der Waals surface area contributed by atoms with Crippen LogP contribution in [-0.2, 0) is 11.4 Å². The van der Waals surface area contributed by atoms with E-state index in [1.807, 2.05) is 30.3 Å². The zero-order chi connectivity index (χ0) is 15.1. The maximum atomic E-state index is 11.9. The van der Waals surface area contributed by atoms with Crippen LogP contribution in [-0.4, -0.2) is 16.8 Å². The van der Waals surface area contributed by atoms with Crippen molar-refractivity contribution in [3.63, 3.8) is 0 Å². The van der Waals surface area contributed by atoms with Crippen LogP contribution < -0.4 is 5.32 Å². The number of hydrogen-bond donors (Lipinski definition) is 2. The minimum atomic E-state index is -0.0513. The second kappa shape index (κ2) is 8.08. The maximum Gasteiger partial charge on any atom is 0.225 e. The molecule has 1 amide bonds. The van der Waals surface area contributed by atoms with Crippen LogP contribution in [0.3, 0.4) is 0 Å². The molecule has 0 radical (unpaired) electrons. The Morgan fingerprint density at radius 1 is 1.19 bits per heavy atom. The van der Waals surface area contributed by atoms with E-state index in [1.165, 1.54) is 0 Å². The lowest BCUT2D eigenvalue weighted by molar-refractivity contribution is -0.115. The molecule has 21 heavy (non-hydrogen) atoms. The standard InChI is InChI=1S/C16H16ClNO2S/c17-14-6-1-2-7-15(14)21-9-8-16(20)18-13-5-3-4-12(10-13)11-19/h1-7,10,19H,8-9,11H2,(H,18,20). The van der Waals surface area contributed by atoms with Crippen LogP contribution in [0.15, 0.2) is 53.4 Å². The Balaban J connectivity index is 1.81. The molecule has 5 heteroatoms. The minimum absolute atomic E-state index is 0.0356. The summed E-state index contributed by atoms with van der Waals surface area (Å²) in [5, 5.41) is 12.6. The molecule has 2 aromatic rings. The summed E-state index contributed by atoms with van der Waals surface area (Å²) in [5.74, 6) is 0.611. The van der Waals surface area contributed by atoms with Gasteiger partial charge in [0.2, 0.25) is 5.91 Å². The fraction of sp³-hybridized carbons (Fsp3) is 0.188. The molecule has 0 saturated heterocycles. The number of anilines is 1. The van der Waals surface area contributed by atoms with Crippen molar-refractivity contribution in [1.29, 1.82) is 0 Å². The average molecular weight is 322 g/mol. The smallest absolute Gasteiger partial charge is 0.225 e. The Labute approximate surface area is 133 Å². The number of carbonyl (C=O) groups is 1. The highest BCUT2D eigenvalue weighted by atomic mass is 35.5. The van der Waals surface area contributed by atoms with Gasteiger partial charge in [0.1, 0.15) is 0 Å². The van der Waals surface area contributed by atoms with Crippen LogP contribution in [0.4, 0.5) is 5.69 Å². The van der Waals surface area contributed by atoms with Crippen molar-refractivity contribution in [3.05, 3.63) is 59.1 Å². The van der Waals surface area contributed by atoms with Gasteiger partial charge >= 0.3 is 0 Å². The van der Waals surface area contributed by atoms with Crippen LogP contribution in [0, 0.1) is 0 Å². The van der Waals surface area contributed by atoms with Gasteiger partial charge in [0.05, 0.1) is 11.6 Å². The zero-order valence-electron chi connectivity index (χ0n) is 11.4. The molecule has 2 N–H and O–H groups in total. The Morgan fingerprint density at radius 2 is 2.00 bits per heavy atom. The molecular weight excluding hydrogens is 306 g/mol. The van der Waals surface area contributed by atoms with E-state index in [9.17, 15) is 4.79 Å². The number of carbonyl (C=O) groups excluding carboxylic acids is 1.